The van der Waals surface area contributed by atoms with Crippen molar-refractivity contribution in [3.8, 4) is 0 Å². The van der Waals surface area contributed by atoms with E-state index in [9.17, 15) is 14.7 Å². The fourth-order valence-corrected chi connectivity index (χ4v) is 2.90. The van der Waals surface area contributed by atoms with E-state index in [1.807, 2.05) is 0 Å². The van der Waals surface area contributed by atoms with Crippen LogP contribution >= 0.6 is 0 Å². The third-order valence-electron chi connectivity index (χ3n) is 4.78. The van der Waals surface area contributed by atoms with Crippen molar-refractivity contribution in [1.82, 2.24) is 0 Å². The van der Waals surface area contributed by atoms with Gasteiger partial charge in [0.25, 0.3) is 0 Å². The summed E-state index contributed by atoms with van der Waals surface area (Å²) in [6.07, 6.45) is 4.67. The number of rotatable bonds is 7. The normalized spacial score (nSPS) is 15.9. The van der Waals surface area contributed by atoms with Gasteiger partial charge in [0.15, 0.2) is 0 Å². The molecule has 0 spiro atoms. The molecule has 5 heteroatoms. The molecule has 132 valence electrons. The summed E-state index contributed by atoms with van der Waals surface area (Å²) < 4.78 is 5.34. The highest BCUT2D eigenvalue weighted by molar-refractivity contribution is 5.90. The predicted molar refractivity (Wildman–Crippen MR) is 93.1 cm³/mol. The second-order valence-corrected chi connectivity index (χ2v) is 7.00. The molecule has 0 atom stereocenters. The van der Waals surface area contributed by atoms with Crippen LogP contribution in [0.4, 0.5) is 5.69 Å². The first-order valence-electron chi connectivity index (χ1n) is 8.61. The van der Waals surface area contributed by atoms with Gasteiger partial charge in [0.05, 0.1) is 5.41 Å². The summed E-state index contributed by atoms with van der Waals surface area (Å²) in [4.78, 5) is 23.3. The van der Waals surface area contributed by atoms with Crippen LogP contribution in [0.2, 0.25) is 0 Å². The standard InChI is InChI=1S/C19H27NO4/c1-19(2,18(22)23)15-6-8-16(9-7-15)20-17(21)5-3-4-14-10-12-24-13-11-14/h6-9,14H,3-5,10-13H2,1-2H3,(H,20,21)(H,22,23). The Labute approximate surface area is 143 Å². The minimum absolute atomic E-state index is 0.00676. The Morgan fingerprint density at radius 1 is 1.21 bits per heavy atom. The Hall–Kier alpha value is -1.88. The lowest BCUT2D eigenvalue weighted by molar-refractivity contribution is -0.142. The molecule has 0 bridgehead atoms. The molecule has 1 aliphatic rings. The van der Waals surface area contributed by atoms with Gasteiger partial charge in [-0.2, -0.15) is 0 Å². The van der Waals surface area contributed by atoms with Crippen molar-refractivity contribution in [2.45, 2.75) is 51.4 Å². The third kappa shape index (κ3) is 5.06. The van der Waals surface area contributed by atoms with Gasteiger partial charge in [-0.15, -0.1) is 0 Å². The molecule has 0 aliphatic carbocycles. The molecule has 1 saturated heterocycles. The zero-order valence-corrected chi connectivity index (χ0v) is 14.5. The van der Waals surface area contributed by atoms with Crippen LogP contribution in [-0.2, 0) is 19.7 Å². The molecule has 1 aromatic rings. The summed E-state index contributed by atoms with van der Waals surface area (Å²) >= 11 is 0. The van der Waals surface area contributed by atoms with E-state index in [4.69, 9.17) is 4.74 Å². The zero-order valence-electron chi connectivity index (χ0n) is 14.5. The average Bonchev–Trinajstić information content (AvgIpc) is 2.56. The molecule has 1 amide bonds. The lowest BCUT2D eigenvalue weighted by atomic mass is 9.85. The summed E-state index contributed by atoms with van der Waals surface area (Å²) in [5.74, 6) is -0.177. The molecular formula is C19H27NO4. The number of carboxylic acid groups (broad SMARTS) is 1. The maximum atomic E-state index is 12.0. The number of anilines is 1. The van der Waals surface area contributed by atoms with Gasteiger partial charge in [-0.1, -0.05) is 12.1 Å². The van der Waals surface area contributed by atoms with E-state index in [2.05, 4.69) is 5.32 Å². The van der Waals surface area contributed by atoms with E-state index in [0.717, 1.165) is 38.9 Å². The molecule has 0 aromatic heterocycles. The van der Waals surface area contributed by atoms with Gasteiger partial charge >= 0.3 is 5.97 Å². The molecule has 1 aromatic carbocycles. The first kappa shape index (κ1) is 18.5. The lowest BCUT2D eigenvalue weighted by Gasteiger charge is -2.21. The van der Waals surface area contributed by atoms with Crippen LogP contribution < -0.4 is 5.32 Å². The van der Waals surface area contributed by atoms with Crippen LogP contribution in [0.1, 0.15) is 51.5 Å². The number of carboxylic acids is 1. The fourth-order valence-electron chi connectivity index (χ4n) is 2.90. The van der Waals surface area contributed by atoms with Crippen molar-refractivity contribution in [3.63, 3.8) is 0 Å². The first-order valence-corrected chi connectivity index (χ1v) is 8.61. The molecule has 1 aliphatic heterocycles. The monoisotopic (exact) mass is 333 g/mol. The molecule has 0 saturated carbocycles. The van der Waals surface area contributed by atoms with Crippen molar-refractivity contribution in [2.75, 3.05) is 18.5 Å². The molecule has 24 heavy (non-hydrogen) atoms. The van der Waals surface area contributed by atoms with Crippen LogP contribution in [0.3, 0.4) is 0 Å². The summed E-state index contributed by atoms with van der Waals surface area (Å²) in [6.45, 7) is 5.02. The summed E-state index contributed by atoms with van der Waals surface area (Å²) in [5.41, 5.74) is 0.482. The van der Waals surface area contributed by atoms with Crippen LogP contribution in [0, 0.1) is 5.92 Å². The number of aliphatic carboxylic acids is 1. The Bertz CT molecular complexity index is 559. The van der Waals surface area contributed by atoms with E-state index < -0.39 is 11.4 Å². The van der Waals surface area contributed by atoms with Crippen molar-refractivity contribution in [3.05, 3.63) is 29.8 Å². The summed E-state index contributed by atoms with van der Waals surface area (Å²) in [6, 6.07) is 7.03. The molecule has 1 heterocycles. The van der Waals surface area contributed by atoms with Crippen molar-refractivity contribution in [2.24, 2.45) is 5.92 Å². The van der Waals surface area contributed by atoms with Gasteiger partial charge in [0.1, 0.15) is 0 Å². The highest BCUT2D eigenvalue weighted by Crippen LogP contribution is 2.25. The number of hydrogen-bond donors (Lipinski definition) is 2. The number of carbonyl (C=O) groups is 2. The van der Waals surface area contributed by atoms with Gasteiger partial charge in [-0.25, -0.2) is 0 Å². The lowest BCUT2D eigenvalue weighted by Crippen LogP contribution is -2.28. The molecular weight excluding hydrogens is 306 g/mol. The van der Waals surface area contributed by atoms with Gasteiger partial charge in [-0.3, -0.25) is 9.59 Å². The molecule has 0 unspecified atom stereocenters. The van der Waals surface area contributed by atoms with E-state index in [1.54, 1.807) is 38.1 Å². The highest BCUT2D eigenvalue weighted by Gasteiger charge is 2.29. The Morgan fingerprint density at radius 3 is 2.42 bits per heavy atom. The average molecular weight is 333 g/mol. The number of benzene rings is 1. The van der Waals surface area contributed by atoms with Crippen LogP contribution in [0.5, 0.6) is 0 Å². The summed E-state index contributed by atoms with van der Waals surface area (Å²) in [7, 11) is 0. The van der Waals surface area contributed by atoms with E-state index in [1.165, 1.54) is 0 Å². The molecule has 5 nitrogen and oxygen atoms in total. The van der Waals surface area contributed by atoms with E-state index in [0.29, 0.717) is 23.6 Å². The SMILES string of the molecule is CC(C)(C(=O)O)c1ccc(NC(=O)CCCC2CCOCC2)cc1. The minimum atomic E-state index is -0.938. The minimum Gasteiger partial charge on any atom is -0.481 e. The van der Waals surface area contributed by atoms with Gasteiger partial charge in [-0.05, 0) is 63.1 Å². The van der Waals surface area contributed by atoms with Crippen LogP contribution in [0.15, 0.2) is 24.3 Å². The maximum Gasteiger partial charge on any atom is 0.313 e. The molecule has 2 rings (SSSR count). The number of nitrogens with one attached hydrogen (secondary N) is 1. The van der Waals surface area contributed by atoms with Crippen molar-refractivity contribution in [1.29, 1.82) is 0 Å². The van der Waals surface area contributed by atoms with E-state index in [-0.39, 0.29) is 5.91 Å². The maximum absolute atomic E-state index is 12.0. The topological polar surface area (TPSA) is 75.6 Å². The third-order valence-corrected chi connectivity index (χ3v) is 4.78. The van der Waals surface area contributed by atoms with Gasteiger partial charge in [0, 0.05) is 25.3 Å². The predicted octanol–water partition coefficient (Wildman–Crippen LogP) is 3.58. The quantitative estimate of drug-likeness (QED) is 0.799. The first-order chi connectivity index (χ1) is 11.4. The highest BCUT2D eigenvalue weighted by atomic mass is 16.5. The second kappa shape index (κ2) is 8.29. The van der Waals surface area contributed by atoms with Crippen molar-refractivity contribution >= 4 is 17.6 Å². The van der Waals surface area contributed by atoms with Crippen molar-refractivity contribution < 1.29 is 19.4 Å². The second-order valence-electron chi connectivity index (χ2n) is 7.00. The van der Waals surface area contributed by atoms with E-state index >= 15 is 0 Å². The zero-order chi connectivity index (χ0) is 17.6. The molecule has 1 fully saturated rings. The number of carbonyl (C=O) groups excluding carboxylic acids is 1. The Kier molecular flexibility index (Phi) is 6.37. The van der Waals surface area contributed by atoms with Gasteiger partial charge in [0.2, 0.25) is 5.91 Å². The fraction of sp³-hybridized carbons (Fsp3) is 0.579. The molecule has 2 N–H and O–H groups in total. The Morgan fingerprint density at radius 2 is 1.83 bits per heavy atom. The van der Waals surface area contributed by atoms with Gasteiger partial charge < -0.3 is 15.2 Å². The smallest absolute Gasteiger partial charge is 0.313 e. The summed E-state index contributed by atoms with van der Waals surface area (Å²) in [5, 5.41) is 12.1. The molecule has 0 radical (unpaired) electrons. The number of ether oxygens (including phenoxy) is 1. The van der Waals surface area contributed by atoms with Crippen LogP contribution in [-0.4, -0.2) is 30.2 Å². The number of hydrogen-bond acceptors (Lipinski definition) is 3. The van der Waals surface area contributed by atoms with Crippen LogP contribution in [0.25, 0.3) is 0 Å². The largest absolute Gasteiger partial charge is 0.481 e. The number of amides is 1. The Balaban J connectivity index is 1.78.